The number of aryl methyl sites for hydroxylation is 1. The molecule has 4 heteroatoms. The Labute approximate surface area is 157 Å². The number of benzene rings is 3. The highest BCUT2D eigenvalue weighted by Crippen LogP contribution is 2.18. The van der Waals surface area contributed by atoms with Crippen LogP contribution in [0.15, 0.2) is 75.9 Å². The van der Waals surface area contributed by atoms with Gasteiger partial charge in [-0.3, -0.25) is 4.79 Å². The lowest BCUT2D eigenvalue weighted by atomic mass is 10.0. The Kier molecular flexibility index (Phi) is 4.88. The van der Waals surface area contributed by atoms with Crippen molar-refractivity contribution in [2.45, 2.75) is 32.1 Å². The van der Waals surface area contributed by atoms with E-state index >= 15 is 0 Å². The average molecular weight is 359 g/mol. The van der Waals surface area contributed by atoms with Gasteiger partial charge in [-0.25, -0.2) is 9.36 Å². The van der Waals surface area contributed by atoms with Gasteiger partial charge in [-0.05, 0) is 47.7 Å². The zero-order chi connectivity index (χ0) is 18.6. The fourth-order valence-electron chi connectivity index (χ4n) is 3.49. The van der Waals surface area contributed by atoms with Crippen molar-refractivity contribution in [2.75, 3.05) is 0 Å². The number of rotatable bonds is 6. The number of unbranched alkanes of at least 4 members (excludes halogenated alkanes) is 2. The van der Waals surface area contributed by atoms with Crippen LogP contribution in [-0.2, 0) is 6.42 Å². The molecule has 3 aromatic carbocycles. The van der Waals surface area contributed by atoms with Gasteiger partial charge in [-0.1, -0.05) is 61.0 Å². The average Bonchev–Trinajstić information content (AvgIpc) is 3.03. The summed E-state index contributed by atoms with van der Waals surface area (Å²) in [6, 6.07) is 21.9. The highest BCUT2D eigenvalue weighted by atomic mass is 16.4. The van der Waals surface area contributed by atoms with E-state index in [4.69, 9.17) is 4.42 Å². The summed E-state index contributed by atoms with van der Waals surface area (Å²) in [6.45, 7) is 0. The van der Waals surface area contributed by atoms with Crippen LogP contribution in [0.5, 0.6) is 0 Å². The number of nitrogens with zero attached hydrogens (tertiary/aromatic N) is 1. The molecular weight excluding hydrogens is 338 g/mol. The fourth-order valence-corrected chi connectivity index (χ4v) is 3.49. The maximum absolute atomic E-state index is 12.4. The number of oxazole rings is 1. The molecular formula is C23H21NO3. The summed E-state index contributed by atoms with van der Waals surface area (Å²) in [4.78, 5) is 24.4. The van der Waals surface area contributed by atoms with Gasteiger partial charge in [-0.2, -0.15) is 0 Å². The van der Waals surface area contributed by atoms with Gasteiger partial charge in [0, 0.05) is 6.42 Å². The summed E-state index contributed by atoms with van der Waals surface area (Å²) in [5.41, 5.74) is 2.31. The summed E-state index contributed by atoms with van der Waals surface area (Å²) < 4.78 is 6.28. The summed E-state index contributed by atoms with van der Waals surface area (Å²) >= 11 is 0. The second-order valence-electron chi connectivity index (χ2n) is 6.81. The van der Waals surface area contributed by atoms with E-state index in [1.807, 2.05) is 6.07 Å². The van der Waals surface area contributed by atoms with Crippen LogP contribution >= 0.6 is 0 Å². The summed E-state index contributed by atoms with van der Waals surface area (Å²) in [7, 11) is 0. The molecule has 0 bridgehead atoms. The summed E-state index contributed by atoms with van der Waals surface area (Å²) in [5.74, 6) is -0.798. The molecule has 27 heavy (non-hydrogen) atoms. The van der Waals surface area contributed by atoms with Gasteiger partial charge in [0.05, 0.1) is 5.52 Å². The maximum atomic E-state index is 12.4. The van der Waals surface area contributed by atoms with Crippen molar-refractivity contribution < 1.29 is 9.21 Å². The molecule has 4 aromatic rings. The molecule has 0 aliphatic heterocycles. The maximum Gasteiger partial charge on any atom is 0.426 e. The zero-order valence-electron chi connectivity index (χ0n) is 15.1. The monoisotopic (exact) mass is 359 g/mol. The number of hydrogen-bond acceptors (Lipinski definition) is 3. The molecule has 0 unspecified atom stereocenters. The highest BCUT2D eigenvalue weighted by molar-refractivity contribution is 5.89. The van der Waals surface area contributed by atoms with Crippen LogP contribution < -0.4 is 5.76 Å². The lowest BCUT2D eigenvalue weighted by Crippen LogP contribution is -2.22. The molecule has 1 aromatic heterocycles. The predicted octanol–water partition coefficient (Wildman–Crippen LogP) is 5.19. The fraction of sp³-hybridized carbons (Fsp3) is 0.217. The normalized spacial score (nSPS) is 11.3. The first-order valence-electron chi connectivity index (χ1n) is 9.34. The van der Waals surface area contributed by atoms with Crippen LogP contribution in [0.1, 0.15) is 36.0 Å². The molecule has 0 amide bonds. The zero-order valence-corrected chi connectivity index (χ0v) is 15.1. The van der Waals surface area contributed by atoms with Gasteiger partial charge in [0.2, 0.25) is 5.91 Å². The lowest BCUT2D eigenvalue weighted by molar-refractivity contribution is 0.0895. The highest BCUT2D eigenvalue weighted by Gasteiger charge is 2.14. The molecule has 1 heterocycles. The Bertz CT molecular complexity index is 1150. The van der Waals surface area contributed by atoms with Crippen molar-refractivity contribution in [3.8, 4) is 0 Å². The van der Waals surface area contributed by atoms with Crippen molar-refractivity contribution in [1.82, 2.24) is 4.57 Å². The number of para-hydroxylation sites is 2. The molecule has 4 nitrogen and oxygen atoms in total. The third-order valence-electron chi connectivity index (χ3n) is 4.91. The minimum Gasteiger partial charge on any atom is -0.407 e. The van der Waals surface area contributed by atoms with E-state index in [1.165, 1.54) is 16.3 Å². The molecule has 136 valence electrons. The molecule has 0 aliphatic carbocycles. The third kappa shape index (κ3) is 3.70. The number of aromatic nitrogens is 1. The topological polar surface area (TPSA) is 52.2 Å². The predicted molar refractivity (Wildman–Crippen MR) is 107 cm³/mol. The number of carbonyl (C=O) groups is 1. The van der Waals surface area contributed by atoms with Crippen molar-refractivity contribution >= 4 is 27.8 Å². The SMILES string of the molecule is O=C(CCCCCc1ccc2ccccc2c1)n1c(=O)oc2ccccc21. The molecule has 0 fully saturated rings. The Morgan fingerprint density at radius 2 is 1.63 bits per heavy atom. The summed E-state index contributed by atoms with van der Waals surface area (Å²) in [5, 5.41) is 2.51. The minimum absolute atomic E-state index is 0.198. The molecule has 0 aliphatic rings. The first-order chi connectivity index (χ1) is 13.2. The van der Waals surface area contributed by atoms with Crippen LogP contribution in [0.25, 0.3) is 21.9 Å². The van der Waals surface area contributed by atoms with E-state index in [-0.39, 0.29) is 5.91 Å². The Balaban J connectivity index is 1.31. The standard InChI is InChI=1S/C23H21NO3/c25-22(24-20-11-6-7-12-21(20)27-23(24)26)13-3-1-2-8-17-14-15-18-9-4-5-10-19(18)16-17/h4-7,9-12,14-16H,1-3,8,13H2. The molecule has 0 saturated heterocycles. The second-order valence-corrected chi connectivity index (χ2v) is 6.81. The number of fused-ring (bicyclic) bond motifs is 2. The van der Waals surface area contributed by atoms with Crippen LogP contribution in [0.4, 0.5) is 0 Å². The Morgan fingerprint density at radius 3 is 2.52 bits per heavy atom. The van der Waals surface area contributed by atoms with Crippen LogP contribution in [0.2, 0.25) is 0 Å². The van der Waals surface area contributed by atoms with Crippen molar-refractivity contribution in [3.63, 3.8) is 0 Å². The van der Waals surface area contributed by atoms with E-state index in [0.29, 0.717) is 17.5 Å². The third-order valence-corrected chi connectivity index (χ3v) is 4.91. The van der Waals surface area contributed by atoms with Gasteiger partial charge >= 0.3 is 5.76 Å². The first kappa shape index (κ1) is 17.3. The summed E-state index contributed by atoms with van der Waals surface area (Å²) in [6.07, 6.45) is 4.07. The van der Waals surface area contributed by atoms with Crippen LogP contribution in [0, 0.1) is 0 Å². The molecule has 0 radical (unpaired) electrons. The van der Waals surface area contributed by atoms with E-state index in [1.54, 1.807) is 24.3 Å². The largest absolute Gasteiger partial charge is 0.426 e. The number of hydrogen-bond donors (Lipinski definition) is 0. The molecule has 0 N–H and O–H groups in total. The smallest absolute Gasteiger partial charge is 0.407 e. The van der Waals surface area contributed by atoms with Gasteiger partial charge in [-0.15, -0.1) is 0 Å². The minimum atomic E-state index is -0.600. The lowest BCUT2D eigenvalue weighted by Gasteiger charge is -2.05. The van der Waals surface area contributed by atoms with Crippen LogP contribution in [0.3, 0.4) is 0 Å². The van der Waals surface area contributed by atoms with Gasteiger partial charge in [0.25, 0.3) is 0 Å². The Hall–Kier alpha value is -3.14. The van der Waals surface area contributed by atoms with Gasteiger partial charge in [0.1, 0.15) is 0 Å². The quantitative estimate of drug-likeness (QED) is 0.445. The van der Waals surface area contributed by atoms with E-state index in [2.05, 4.69) is 36.4 Å². The molecule has 4 rings (SSSR count). The van der Waals surface area contributed by atoms with Crippen molar-refractivity contribution in [3.05, 3.63) is 82.8 Å². The van der Waals surface area contributed by atoms with E-state index in [0.717, 1.165) is 30.3 Å². The van der Waals surface area contributed by atoms with E-state index in [9.17, 15) is 9.59 Å². The molecule has 0 atom stereocenters. The molecule has 0 spiro atoms. The number of carbonyl (C=O) groups excluding carboxylic acids is 1. The first-order valence-corrected chi connectivity index (χ1v) is 9.34. The molecule has 0 saturated carbocycles. The van der Waals surface area contributed by atoms with Crippen molar-refractivity contribution in [1.29, 1.82) is 0 Å². The van der Waals surface area contributed by atoms with E-state index < -0.39 is 5.76 Å². The Morgan fingerprint density at radius 1 is 0.852 bits per heavy atom. The van der Waals surface area contributed by atoms with Gasteiger partial charge < -0.3 is 4.42 Å². The van der Waals surface area contributed by atoms with Crippen LogP contribution in [-0.4, -0.2) is 10.5 Å². The van der Waals surface area contributed by atoms with Crippen molar-refractivity contribution in [2.24, 2.45) is 0 Å². The van der Waals surface area contributed by atoms with Gasteiger partial charge in [0.15, 0.2) is 5.58 Å². The second kappa shape index (κ2) is 7.62.